The molecule has 1 saturated carbocycles. The van der Waals surface area contributed by atoms with Crippen molar-refractivity contribution >= 4 is 21.7 Å². The van der Waals surface area contributed by atoms with Crippen LogP contribution >= 0.6 is 0 Å². The summed E-state index contributed by atoms with van der Waals surface area (Å²) in [5, 5.41) is 13.7. The maximum atomic E-state index is 14.0. The van der Waals surface area contributed by atoms with E-state index in [0.29, 0.717) is 24.6 Å². The first-order chi connectivity index (χ1) is 18.8. The Labute approximate surface area is 228 Å². The second-order valence-electron chi connectivity index (χ2n) is 10.5. The summed E-state index contributed by atoms with van der Waals surface area (Å²) in [5.41, 5.74) is -1.25. The fourth-order valence-corrected chi connectivity index (χ4v) is 6.00. The van der Waals surface area contributed by atoms with E-state index in [9.17, 15) is 26.4 Å². The average molecular weight is 580 g/mol. The molecule has 2 aliphatic rings. The molecule has 0 radical (unpaired) electrons. The number of tetrazole rings is 1. The van der Waals surface area contributed by atoms with Crippen molar-refractivity contribution in [2.24, 2.45) is 0 Å². The van der Waals surface area contributed by atoms with Gasteiger partial charge in [0.05, 0.1) is 23.5 Å². The number of anilines is 1. The summed E-state index contributed by atoms with van der Waals surface area (Å²) in [5.74, 6) is -0.0347. The predicted octanol–water partition coefficient (Wildman–Crippen LogP) is 4.09. The first-order valence-electron chi connectivity index (χ1n) is 12.8. The standard InChI is InChI=1S/C26H28F3N5O5S/c1-25(2,26(27,28)29)39-24(35)13-16-6-10-22-21(12-16)34(15-19(38-22)9-11-23-30-32-33-31-23)40(36,37)20-5-3-4-18(14-20)17-7-8-17/h3-6,10,12,14,17,19H,7-9,11,13,15H2,1-2H3,(H,30,31,32,33)/t19-/m0/s1. The fourth-order valence-electron chi connectivity index (χ4n) is 4.44. The molecule has 1 aliphatic heterocycles. The van der Waals surface area contributed by atoms with Gasteiger partial charge in [-0.25, -0.2) is 8.42 Å². The molecular formula is C26H28F3N5O5S. The normalized spacial score (nSPS) is 17.7. The number of nitrogens with one attached hydrogen (secondary N) is 1. The molecule has 10 nitrogen and oxygen atoms in total. The van der Waals surface area contributed by atoms with E-state index >= 15 is 0 Å². The molecule has 3 aromatic rings. The van der Waals surface area contributed by atoms with Crippen LogP contribution in [-0.2, 0) is 32.4 Å². The van der Waals surface area contributed by atoms with Crippen LogP contribution in [0.1, 0.15) is 56.0 Å². The number of sulfonamides is 1. The molecule has 0 unspecified atom stereocenters. The minimum Gasteiger partial charge on any atom is -0.486 e. The van der Waals surface area contributed by atoms with Crippen LogP contribution in [-0.4, -0.2) is 59.4 Å². The number of aryl methyl sites for hydroxylation is 1. The van der Waals surface area contributed by atoms with Crippen molar-refractivity contribution in [1.29, 1.82) is 0 Å². The lowest BCUT2D eigenvalue weighted by atomic mass is 10.1. The first-order valence-corrected chi connectivity index (χ1v) is 14.2. The smallest absolute Gasteiger partial charge is 0.427 e. The third kappa shape index (κ3) is 5.91. The van der Waals surface area contributed by atoms with Crippen LogP contribution in [0.5, 0.6) is 5.75 Å². The van der Waals surface area contributed by atoms with E-state index in [4.69, 9.17) is 9.47 Å². The molecule has 14 heteroatoms. The second kappa shape index (κ2) is 10.4. The van der Waals surface area contributed by atoms with Crippen molar-refractivity contribution in [1.82, 2.24) is 20.6 Å². The number of benzene rings is 2. The Morgan fingerprint density at radius 1 is 1.18 bits per heavy atom. The number of fused-ring (bicyclic) bond motifs is 1. The number of rotatable bonds is 9. The number of aromatic amines is 1. The van der Waals surface area contributed by atoms with Crippen LogP contribution in [0.3, 0.4) is 0 Å². The molecule has 1 aromatic heterocycles. The van der Waals surface area contributed by atoms with E-state index in [-0.39, 0.29) is 28.4 Å². The quantitative estimate of drug-likeness (QED) is 0.376. The summed E-state index contributed by atoms with van der Waals surface area (Å²) < 4.78 is 79.5. The number of hydrogen-bond acceptors (Lipinski definition) is 8. The molecule has 1 fully saturated rings. The minimum atomic E-state index is -4.75. The van der Waals surface area contributed by atoms with Gasteiger partial charge >= 0.3 is 12.1 Å². The fraction of sp³-hybridized carbons (Fsp3) is 0.462. The lowest BCUT2D eigenvalue weighted by Gasteiger charge is -2.36. The topological polar surface area (TPSA) is 127 Å². The molecule has 40 heavy (non-hydrogen) atoms. The van der Waals surface area contributed by atoms with Crippen molar-refractivity contribution in [3.63, 3.8) is 0 Å². The number of nitrogens with zero attached hydrogens (tertiary/aromatic N) is 4. The van der Waals surface area contributed by atoms with E-state index in [0.717, 1.165) is 32.3 Å². The molecule has 0 amide bonds. The number of aromatic nitrogens is 4. The zero-order valence-electron chi connectivity index (χ0n) is 21.8. The molecule has 1 atom stereocenters. The number of esters is 1. The number of alkyl halides is 3. The molecule has 214 valence electrons. The molecule has 2 aromatic carbocycles. The van der Waals surface area contributed by atoms with Gasteiger partial charge in [-0.15, -0.1) is 10.2 Å². The van der Waals surface area contributed by atoms with E-state index in [2.05, 4.69) is 20.6 Å². The van der Waals surface area contributed by atoms with E-state index in [1.54, 1.807) is 12.1 Å². The summed E-state index contributed by atoms with van der Waals surface area (Å²) in [6, 6.07) is 11.3. The third-order valence-corrected chi connectivity index (χ3v) is 8.70. The van der Waals surface area contributed by atoms with Gasteiger partial charge in [0, 0.05) is 6.42 Å². The SMILES string of the molecule is CC(C)(OC(=O)Cc1ccc2c(c1)N(S(=O)(=O)c1cccc(C3CC3)c1)C[C@H](CCc1nn[nH]n1)O2)C(F)(F)F. The van der Waals surface area contributed by atoms with Crippen molar-refractivity contribution in [2.45, 2.75) is 74.6 Å². The molecule has 1 N–H and O–H groups in total. The van der Waals surface area contributed by atoms with Gasteiger partial charge in [-0.05, 0) is 74.4 Å². The average Bonchev–Trinajstić information content (AvgIpc) is 3.61. The lowest BCUT2D eigenvalue weighted by Crippen LogP contribution is -2.44. The van der Waals surface area contributed by atoms with Gasteiger partial charge < -0.3 is 9.47 Å². The van der Waals surface area contributed by atoms with Crippen LogP contribution in [0.15, 0.2) is 47.4 Å². The highest BCUT2D eigenvalue weighted by Gasteiger charge is 2.50. The summed E-state index contributed by atoms with van der Waals surface area (Å²) >= 11 is 0. The van der Waals surface area contributed by atoms with Gasteiger partial charge in [0.2, 0.25) is 5.60 Å². The Balaban J connectivity index is 1.44. The number of hydrogen-bond donors (Lipinski definition) is 1. The van der Waals surface area contributed by atoms with E-state index < -0.39 is 40.3 Å². The van der Waals surface area contributed by atoms with Gasteiger partial charge in [-0.2, -0.15) is 18.4 Å². The Morgan fingerprint density at radius 2 is 1.95 bits per heavy atom. The molecule has 0 spiro atoms. The molecule has 2 heterocycles. The highest BCUT2D eigenvalue weighted by atomic mass is 32.2. The first kappa shape index (κ1) is 27.9. The lowest BCUT2D eigenvalue weighted by molar-refractivity contribution is -0.257. The van der Waals surface area contributed by atoms with Gasteiger partial charge in [0.15, 0.2) is 5.82 Å². The van der Waals surface area contributed by atoms with Crippen LogP contribution in [0.4, 0.5) is 18.9 Å². The van der Waals surface area contributed by atoms with Gasteiger partial charge in [0.25, 0.3) is 10.0 Å². The minimum absolute atomic E-state index is 0.0319. The van der Waals surface area contributed by atoms with Crippen LogP contribution in [0, 0.1) is 0 Å². The largest absolute Gasteiger partial charge is 0.486 e. The Kier molecular flexibility index (Phi) is 7.23. The Hall–Kier alpha value is -3.68. The third-order valence-electron chi connectivity index (χ3n) is 6.93. The van der Waals surface area contributed by atoms with Crippen molar-refractivity contribution < 1.29 is 35.9 Å². The van der Waals surface area contributed by atoms with Crippen LogP contribution in [0.2, 0.25) is 0 Å². The van der Waals surface area contributed by atoms with Gasteiger partial charge in [-0.3, -0.25) is 9.10 Å². The zero-order chi connectivity index (χ0) is 28.7. The molecule has 0 bridgehead atoms. The molecule has 1 aliphatic carbocycles. The molecule has 5 rings (SSSR count). The monoisotopic (exact) mass is 579 g/mol. The van der Waals surface area contributed by atoms with Crippen molar-refractivity contribution in [2.75, 3.05) is 10.8 Å². The number of H-pyrrole nitrogens is 1. The van der Waals surface area contributed by atoms with E-state index in [1.807, 2.05) is 6.07 Å². The highest BCUT2D eigenvalue weighted by Crippen LogP contribution is 2.42. The zero-order valence-corrected chi connectivity index (χ0v) is 22.6. The summed E-state index contributed by atoms with van der Waals surface area (Å²) in [6.07, 6.45) is -2.98. The Morgan fingerprint density at radius 3 is 2.62 bits per heavy atom. The number of halogens is 3. The summed E-state index contributed by atoms with van der Waals surface area (Å²) in [6.45, 7) is 1.50. The maximum absolute atomic E-state index is 14.0. The van der Waals surface area contributed by atoms with Crippen molar-refractivity contribution in [3.05, 3.63) is 59.4 Å². The molecular weight excluding hydrogens is 551 g/mol. The van der Waals surface area contributed by atoms with Crippen LogP contribution < -0.4 is 9.04 Å². The predicted molar refractivity (Wildman–Crippen MR) is 136 cm³/mol. The van der Waals surface area contributed by atoms with Crippen LogP contribution in [0.25, 0.3) is 0 Å². The number of carbonyl (C=O) groups is 1. The molecule has 0 saturated heterocycles. The number of ether oxygens (including phenoxy) is 2. The maximum Gasteiger partial charge on any atom is 0.427 e. The van der Waals surface area contributed by atoms with E-state index in [1.165, 1.54) is 28.6 Å². The van der Waals surface area contributed by atoms with Crippen molar-refractivity contribution in [3.8, 4) is 5.75 Å². The Bertz CT molecular complexity index is 1490. The summed E-state index contributed by atoms with van der Waals surface area (Å²) in [4.78, 5) is 12.5. The summed E-state index contributed by atoms with van der Waals surface area (Å²) in [7, 11) is -4.06. The second-order valence-corrected chi connectivity index (χ2v) is 12.3. The highest BCUT2D eigenvalue weighted by molar-refractivity contribution is 7.92. The number of carbonyl (C=O) groups excluding carboxylic acids is 1. The van der Waals surface area contributed by atoms with Gasteiger partial charge in [0.1, 0.15) is 11.9 Å². The van der Waals surface area contributed by atoms with Gasteiger partial charge in [-0.1, -0.05) is 23.4 Å².